The second kappa shape index (κ2) is 6.40. The summed E-state index contributed by atoms with van der Waals surface area (Å²) in [5.41, 5.74) is 6.57. The lowest BCUT2D eigenvalue weighted by atomic mass is 9.71. The first-order valence-corrected chi connectivity index (χ1v) is 7.27. The van der Waals surface area contributed by atoms with Crippen molar-refractivity contribution in [3.8, 4) is 0 Å². The fourth-order valence-electron chi connectivity index (χ4n) is 2.85. The molecular weight excluding hydrogens is 260 g/mol. The first-order valence-electron chi connectivity index (χ1n) is 6.90. The molecule has 0 atom stereocenters. The summed E-state index contributed by atoms with van der Waals surface area (Å²) in [6, 6.07) is 7.30. The molecule has 0 saturated heterocycles. The van der Waals surface area contributed by atoms with Crippen molar-refractivity contribution in [3.63, 3.8) is 0 Å². The molecule has 0 unspecified atom stereocenters. The van der Waals surface area contributed by atoms with Crippen molar-refractivity contribution < 1.29 is 4.79 Å². The second-order valence-corrected chi connectivity index (χ2v) is 5.88. The highest BCUT2D eigenvalue weighted by Gasteiger charge is 2.32. The molecule has 3 N–H and O–H groups in total. The van der Waals surface area contributed by atoms with Gasteiger partial charge in [0, 0.05) is 6.42 Å². The molecule has 0 aliphatic heterocycles. The third-order valence-corrected chi connectivity index (χ3v) is 4.36. The van der Waals surface area contributed by atoms with Gasteiger partial charge >= 0.3 is 0 Å². The standard InChI is InChI=1S/C15H21ClN2O/c16-12-6-2-3-7-13(12)18-14(19)10-15(11-17)8-4-1-5-9-15/h2-3,6-7H,1,4-5,8-11,17H2,(H,18,19). The molecule has 2 rings (SSSR count). The summed E-state index contributed by atoms with van der Waals surface area (Å²) in [5.74, 6) is 0.0143. The van der Waals surface area contributed by atoms with Gasteiger partial charge in [-0.3, -0.25) is 4.79 Å². The Labute approximate surface area is 119 Å². The molecule has 4 heteroatoms. The van der Waals surface area contributed by atoms with Gasteiger partial charge < -0.3 is 11.1 Å². The Morgan fingerprint density at radius 3 is 2.58 bits per heavy atom. The van der Waals surface area contributed by atoms with E-state index in [-0.39, 0.29) is 11.3 Å². The first kappa shape index (κ1) is 14.4. The van der Waals surface area contributed by atoms with E-state index in [1.165, 1.54) is 19.3 Å². The number of hydrogen-bond donors (Lipinski definition) is 2. The van der Waals surface area contributed by atoms with Crippen LogP contribution in [-0.2, 0) is 4.79 Å². The van der Waals surface area contributed by atoms with Gasteiger partial charge in [-0.15, -0.1) is 0 Å². The Bertz CT molecular complexity index is 442. The number of amides is 1. The van der Waals surface area contributed by atoms with Gasteiger partial charge in [-0.25, -0.2) is 0 Å². The van der Waals surface area contributed by atoms with E-state index in [2.05, 4.69) is 5.32 Å². The molecule has 1 aromatic carbocycles. The number of hydrogen-bond acceptors (Lipinski definition) is 2. The SMILES string of the molecule is NCC1(CC(=O)Nc2ccccc2Cl)CCCCC1. The Balaban J connectivity index is 1.98. The Hall–Kier alpha value is -1.06. The van der Waals surface area contributed by atoms with E-state index in [0.717, 1.165) is 12.8 Å². The van der Waals surface area contributed by atoms with Crippen LogP contribution in [0.4, 0.5) is 5.69 Å². The van der Waals surface area contributed by atoms with Crippen LogP contribution in [0.25, 0.3) is 0 Å². The summed E-state index contributed by atoms with van der Waals surface area (Å²) in [6.45, 7) is 0.586. The average molecular weight is 281 g/mol. The van der Waals surface area contributed by atoms with Crippen molar-refractivity contribution in [3.05, 3.63) is 29.3 Å². The molecule has 1 fully saturated rings. The molecule has 19 heavy (non-hydrogen) atoms. The van der Waals surface area contributed by atoms with E-state index >= 15 is 0 Å². The maximum Gasteiger partial charge on any atom is 0.225 e. The highest BCUT2D eigenvalue weighted by Crippen LogP contribution is 2.38. The Morgan fingerprint density at radius 2 is 1.95 bits per heavy atom. The molecule has 1 amide bonds. The number of rotatable bonds is 4. The Morgan fingerprint density at radius 1 is 1.26 bits per heavy atom. The van der Waals surface area contributed by atoms with Crippen molar-refractivity contribution in [1.82, 2.24) is 0 Å². The zero-order valence-corrected chi connectivity index (χ0v) is 11.9. The highest BCUT2D eigenvalue weighted by atomic mass is 35.5. The normalized spacial score (nSPS) is 18.0. The van der Waals surface area contributed by atoms with E-state index in [1.807, 2.05) is 18.2 Å². The van der Waals surface area contributed by atoms with Crippen LogP contribution >= 0.6 is 11.6 Å². The van der Waals surface area contributed by atoms with Gasteiger partial charge in [0.2, 0.25) is 5.91 Å². The number of para-hydroxylation sites is 1. The number of benzene rings is 1. The van der Waals surface area contributed by atoms with Crippen molar-refractivity contribution in [2.45, 2.75) is 38.5 Å². The summed E-state index contributed by atoms with van der Waals surface area (Å²) >= 11 is 6.04. The second-order valence-electron chi connectivity index (χ2n) is 5.47. The lowest BCUT2D eigenvalue weighted by Crippen LogP contribution is -2.36. The number of nitrogens with two attached hydrogens (primary N) is 1. The summed E-state index contributed by atoms with van der Waals surface area (Å²) < 4.78 is 0. The van der Waals surface area contributed by atoms with Crippen molar-refractivity contribution >= 4 is 23.2 Å². The molecule has 0 bridgehead atoms. The van der Waals surface area contributed by atoms with Gasteiger partial charge in [-0.1, -0.05) is 43.0 Å². The lowest BCUT2D eigenvalue weighted by Gasteiger charge is -2.35. The summed E-state index contributed by atoms with van der Waals surface area (Å²) in [6.07, 6.45) is 6.22. The van der Waals surface area contributed by atoms with E-state index < -0.39 is 0 Å². The van der Waals surface area contributed by atoms with Crippen molar-refractivity contribution in [2.75, 3.05) is 11.9 Å². The van der Waals surface area contributed by atoms with Gasteiger partial charge in [0.25, 0.3) is 0 Å². The van der Waals surface area contributed by atoms with E-state index in [0.29, 0.717) is 23.7 Å². The largest absolute Gasteiger partial charge is 0.330 e. The molecule has 0 radical (unpaired) electrons. The third kappa shape index (κ3) is 3.71. The quantitative estimate of drug-likeness (QED) is 0.886. The molecule has 0 spiro atoms. The topological polar surface area (TPSA) is 55.1 Å². The van der Waals surface area contributed by atoms with E-state index in [1.54, 1.807) is 6.07 Å². The summed E-state index contributed by atoms with van der Waals surface area (Å²) in [5, 5.41) is 3.46. The van der Waals surface area contributed by atoms with Crippen molar-refractivity contribution in [1.29, 1.82) is 0 Å². The smallest absolute Gasteiger partial charge is 0.225 e. The Kier molecular flexibility index (Phi) is 4.83. The summed E-state index contributed by atoms with van der Waals surface area (Å²) in [7, 11) is 0. The fraction of sp³-hybridized carbons (Fsp3) is 0.533. The van der Waals surface area contributed by atoms with Gasteiger partial charge in [-0.2, -0.15) is 0 Å². The van der Waals surface area contributed by atoms with Crippen LogP contribution in [0.1, 0.15) is 38.5 Å². The van der Waals surface area contributed by atoms with E-state index in [9.17, 15) is 4.79 Å². The fourth-order valence-corrected chi connectivity index (χ4v) is 3.04. The third-order valence-electron chi connectivity index (χ3n) is 4.03. The lowest BCUT2D eigenvalue weighted by molar-refractivity contribution is -0.118. The zero-order chi connectivity index (χ0) is 13.7. The van der Waals surface area contributed by atoms with Crippen LogP contribution in [0.5, 0.6) is 0 Å². The van der Waals surface area contributed by atoms with E-state index in [4.69, 9.17) is 17.3 Å². The van der Waals surface area contributed by atoms with Crippen LogP contribution in [0.2, 0.25) is 5.02 Å². The molecular formula is C15H21ClN2O. The minimum atomic E-state index is -0.0103. The van der Waals surface area contributed by atoms with Gasteiger partial charge in [0.15, 0.2) is 0 Å². The molecule has 1 saturated carbocycles. The maximum absolute atomic E-state index is 12.2. The number of carbonyl (C=O) groups is 1. The predicted molar refractivity (Wildman–Crippen MR) is 79.3 cm³/mol. The first-order chi connectivity index (χ1) is 9.15. The molecule has 0 aromatic heterocycles. The van der Waals surface area contributed by atoms with Crippen molar-refractivity contribution in [2.24, 2.45) is 11.1 Å². The van der Waals surface area contributed by atoms with Gasteiger partial charge in [0.1, 0.15) is 0 Å². The molecule has 1 aromatic rings. The molecule has 0 heterocycles. The summed E-state index contributed by atoms with van der Waals surface area (Å²) in [4.78, 5) is 12.2. The van der Waals surface area contributed by atoms with Crippen LogP contribution in [-0.4, -0.2) is 12.5 Å². The average Bonchev–Trinajstić information content (AvgIpc) is 2.42. The van der Waals surface area contributed by atoms with Crippen LogP contribution in [0, 0.1) is 5.41 Å². The minimum Gasteiger partial charge on any atom is -0.330 e. The number of carbonyl (C=O) groups excluding carboxylic acids is 1. The van der Waals surface area contributed by atoms with Gasteiger partial charge in [-0.05, 0) is 36.9 Å². The number of anilines is 1. The van der Waals surface area contributed by atoms with Crippen LogP contribution in [0.15, 0.2) is 24.3 Å². The molecule has 1 aliphatic carbocycles. The molecule has 1 aliphatic rings. The molecule has 3 nitrogen and oxygen atoms in total. The highest BCUT2D eigenvalue weighted by molar-refractivity contribution is 6.33. The molecule has 104 valence electrons. The van der Waals surface area contributed by atoms with Gasteiger partial charge in [0.05, 0.1) is 10.7 Å². The zero-order valence-electron chi connectivity index (χ0n) is 11.1. The number of nitrogens with one attached hydrogen (secondary N) is 1. The predicted octanol–water partition coefficient (Wildman–Crippen LogP) is 3.58. The van der Waals surface area contributed by atoms with Crippen LogP contribution < -0.4 is 11.1 Å². The van der Waals surface area contributed by atoms with Crippen LogP contribution in [0.3, 0.4) is 0 Å². The number of halogens is 1. The minimum absolute atomic E-state index is 0.0103. The maximum atomic E-state index is 12.2. The monoisotopic (exact) mass is 280 g/mol.